The average Bonchev–Trinajstić information content (AvgIpc) is 3.04. The summed E-state index contributed by atoms with van der Waals surface area (Å²) in [5.74, 6) is -0.0666. The molecule has 4 aromatic carbocycles. The molecule has 10 heteroatoms. The fourth-order valence-electron chi connectivity index (χ4n) is 4.15. The molecule has 0 aliphatic heterocycles. The Morgan fingerprint density at radius 3 is 2.32 bits per heavy atom. The van der Waals surface area contributed by atoms with Crippen LogP contribution in [0.1, 0.15) is 29.3 Å². The Kier molecular flexibility index (Phi) is 11.5. The van der Waals surface area contributed by atoms with Crippen LogP contribution in [0.2, 0.25) is 5.02 Å². The normalized spacial score (nSPS) is 11.7. The maximum atomic E-state index is 13.5. The Labute approximate surface area is 265 Å². The lowest BCUT2D eigenvalue weighted by Gasteiger charge is -2.17. The van der Waals surface area contributed by atoms with Gasteiger partial charge < -0.3 is 25.4 Å². The van der Waals surface area contributed by atoms with Crippen LogP contribution in [-0.2, 0) is 9.59 Å². The molecule has 4 rings (SSSR count). The number of benzene rings is 4. The highest BCUT2D eigenvalue weighted by Crippen LogP contribution is 2.32. The molecule has 3 N–H and O–H groups in total. The minimum absolute atomic E-state index is 0.0167. The van der Waals surface area contributed by atoms with Crippen molar-refractivity contribution in [3.05, 3.63) is 119 Å². The van der Waals surface area contributed by atoms with Crippen LogP contribution >= 0.6 is 23.4 Å². The van der Waals surface area contributed by atoms with E-state index >= 15 is 0 Å². The fraction of sp³-hybridized carbons (Fsp3) is 0.147. The molecule has 44 heavy (non-hydrogen) atoms. The summed E-state index contributed by atoms with van der Waals surface area (Å²) >= 11 is 7.71. The standard InChI is InChI=1S/C34H32ClN3O5S/c1-4-31(34(41)37-28-21-25(42-2)17-18-30(28)43-3)44-26-15-10-14-24(20-26)36-33(40)29(19-23-13-8-9-16-27(23)35)38-32(39)22-11-6-5-7-12-22/h5-21,31H,4H2,1-3H3,(H,36,40)(H,37,41)(H,38,39)/b29-19+. The number of anilines is 2. The van der Waals surface area contributed by atoms with Crippen LogP contribution < -0.4 is 25.4 Å². The van der Waals surface area contributed by atoms with Gasteiger partial charge in [0.15, 0.2) is 0 Å². The molecule has 0 saturated heterocycles. The van der Waals surface area contributed by atoms with Crippen molar-refractivity contribution in [1.29, 1.82) is 0 Å². The van der Waals surface area contributed by atoms with E-state index in [4.69, 9.17) is 21.1 Å². The number of ether oxygens (including phenoxy) is 2. The number of carbonyl (C=O) groups excluding carboxylic acids is 3. The molecule has 0 aromatic heterocycles. The number of hydrogen-bond acceptors (Lipinski definition) is 6. The van der Waals surface area contributed by atoms with Gasteiger partial charge in [-0.1, -0.05) is 61.0 Å². The monoisotopic (exact) mass is 629 g/mol. The van der Waals surface area contributed by atoms with Gasteiger partial charge in [-0.15, -0.1) is 11.8 Å². The van der Waals surface area contributed by atoms with Crippen molar-refractivity contribution in [2.75, 3.05) is 24.9 Å². The Morgan fingerprint density at radius 2 is 1.61 bits per heavy atom. The van der Waals surface area contributed by atoms with E-state index in [9.17, 15) is 14.4 Å². The molecular formula is C34H32ClN3O5S. The second-order valence-corrected chi connectivity index (χ2v) is 11.1. The lowest BCUT2D eigenvalue weighted by molar-refractivity contribution is -0.116. The van der Waals surface area contributed by atoms with Crippen LogP contribution in [0.25, 0.3) is 6.08 Å². The van der Waals surface area contributed by atoms with Gasteiger partial charge >= 0.3 is 0 Å². The number of hydrogen-bond donors (Lipinski definition) is 3. The van der Waals surface area contributed by atoms with E-state index in [1.807, 2.05) is 13.0 Å². The third-order valence-corrected chi connectivity index (χ3v) is 8.13. The molecule has 0 fully saturated rings. The van der Waals surface area contributed by atoms with Crippen molar-refractivity contribution >= 4 is 58.5 Å². The largest absolute Gasteiger partial charge is 0.497 e. The highest BCUT2D eigenvalue weighted by molar-refractivity contribution is 8.00. The smallest absolute Gasteiger partial charge is 0.272 e. The molecule has 1 atom stereocenters. The Morgan fingerprint density at radius 1 is 0.864 bits per heavy atom. The second-order valence-electron chi connectivity index (χ2n) is 9.45. The van der Waals surface area contributed by atoms with Crippen molar-refractivity contribution in [2.24, 2.45) is 0 Å². The van der Waals surface area contributed by atoms with Gasteiger partial charge in [-0.25, -0.2) is 0 Å². The van der Waals surface area contributed by atoms with Gasteiger partial charge in [-0.3, -0.25) is 14.4 Å². The SMILES string of the molecule is CCC(Sc1cccc(NC(=O)/C(=C\c2ccccc2Cl)NC(=O)c2ccccc2)c1)C(=O)Nc1cc(OC)ccc1OC. The van der Waals surface area contributed by atoms with E-state index in [-0.39, 0.29) is 11.6 Å². The first kappa shape index (κ1) is 32.2. The van der Waals surface area contributed by atoms with Crippen molar-refractivity contribution in [1.82, 2.24) is 5.32 Å². The maximum Gasteiger partial charge on any atom is 0.272 e. The lowest BCUT2D eigenvalue weighted by Crippen LogP contribution is -2.30. The lowest BCUT2D eigenvalue weighted by atomic mass is 10.1. The summed E-state index contributed by atoms with van der Waals surface area (Å²) in [6.07, 6.45) is 2.08. The van der Waals surface area contributed by atoms with Crippen LogP contribution in [-0.4, -0.2) is 37.2 Å². The van der Waals surface area contributed by atoms with E-state index in [1.54, 1.807) is 98.1 Å². The Balaban J connectivity index is 1.51. The predicted octanol–water partition coefficient (Wildman–Crippen LogP) is 7.28. The van der Waals surface area contributed by atoms with E-state index in [0.29, 0.717) is 45.4 Å². The third-order valence-electron chi connectivity index (χ3n) is 6.43. The zero-order chi connectivity index (χ0) is 31.5. The van der Waals surface area contributed by atoms with E-state index in [1.165, 1.54) is 24.9 Å². The minimum Gasteiger partial charge on any atom is -0.497 e. The molecular weight excluding hydrogens is 598 g/mol. The third kappa shape index (κ3) is 8.65. The molecule has 0 aliphatic carbocycles. The highest BCUT2D eigenvalue weighted by Gasteiger charge is 2.21. The summed E-state index contributed by atoms with van der Waals surface area (Å²) < 4.78 is 10.7. The summed E-state index contributed by atoms with van der Waals surface area (Å²) in [5.41, 5.74) is 1.99. The second kappa shape index (κ2) is 15.7. The predicted molar refractivity (Wildman–Crippen MR) is 177 cm³/mol. The van der Waals surface area contributed by atoms with Gasteiger partial charge in [0.25, 0.3) is 11.8 Å². The maximum absolute atomic E-state index is 13.5. The summed E-state index contributed by atoms with van der Waals surface area (Å²) in [6.45, 7) is 1.92. The van der Waals surface area contributed by atoms with Crippen molar-refractivity contribution in [3.8, 4) is 11.5 Å². The molecule has 0 radical (unpaired) electrons. The van der Waals surface area contributed by atoms with Crippen molar-refractivity contribution < 1.29 is 23.9 Å². The number of thioether (sulfide) groups is 1. The first-order valence-electron chi connectivity index (χ1n) is 13.7. The number of nitrogens with one attached hydrogen (secondary N) is 3. The summed E-state index contributed by atoms with van der Waals surface area (Å²) in [6, 6.07) is 28.0. The van der Waals surface area contributed by atoms with Crippen LogP contribution in [0, 0.1) is 0 Å². The molecule has 226 valence electrons. The van der Waals surface area contributed by atoms with E-state index in [0.717, 1.165) is 4.90 Å². The van der Waals surface area contributed by atoms with Gasteiger partial charge in [0.2, 0.25) is 5.91 Å². The zero-order valence-corrected chi connectivity index (χ0v) is 26.0. The molecule has 0 saturated carbocycles. The molecule has 4 aromatic rings. The van der Waals surface area contributed by atoms with Gasteiger partial charge in [-0.05, 0) is 66.6 Å². The molecule has 3 amide bonds. The van der Waals surface area contributed by atoms with Crippen LogP contribution in [0.5, 0.6) is 11.5 Å². The topological polar surface area (TPSA) is 106 Å². The van der Waals surface area contributed by atoms with Gasteiger partial charge in [0.1, 0.15) is 17.2 Å². The van der Waals surface area contributed by atoms with Crippen LogP contribution in [0.15, 0.2) is 108 Å². The Hall–Kier alpha value is -4.73. The number of rotatable bonds is 12. The first-order chi connectivity index (χ1) is 21.3. The summed E-state index contributed by atoms with van der Waals surface area (Å²) in [5, 5.41) is 8.51. The Bertz CT molecular complexity index is 1660. The number of halogens is 1. The van der Waals surface area contributed by atoms with Gasteiger partial charge in [0, 0.05) is 27.2 Å². The quantitative estimate of drug-likeness (QED) is 0.112. The van der Waals surface area contributed by atoms with Gasteiger partial charge in [0.05, 0.1) is 25.2 Å². The van der Waals surface area contributed by atoms with Crippen molar-refractivity contribution in [2.45, 2.75) is 23.5 Å². The molecule has 0 heterocycles. The molecule has 0 aliphatic rings. The molecule has 8 nitrogen and oxygen atoms in total. The first-order valence-corrected chi connectivity index (χ1v) is 15.0. The molecule has 0 spiro atoms. The van der Waals surface area contributed by atoms with E-state index in [2.05, 4.69) is 16.0 Å². The van der Waals surface area contributed by atoms with Crippen LogP contribution in [0.4, 0.5) is 11.4 Å². The average molecular weight is 630 g/mol. The molecule has 1 unspecified atom stereocenters. The number of methoxy groups -OCH3 is 2. The molecule has 0 bridgehead atoms. The summed E-state index contributed by atoms with van der Waals surface area (Å²) in [7, 11) is 3.09. The number of amides is 3. The van der Waals surface area contributed by atoms with Crippen LogP contribution in [0.3, 0.4) is 0 Å². The summed E-state index contributed by atoms with van der Waals surface area (Å²) in [4.78, 5) is 40.4. The van der Waals surface area contributed by atoms with Gasteiger partial charge in [-0.2, -0.15) is 0 Å². The fourth-order valence-corrected chi connectivity index (χ4v) is 5.35. The highest BCUT2D eigenvalue weighted by atomic mass is 35.5. The van der Waals surface area contributed by atoms with Crippen molar-refractivity contribution in [3.63, 3.8) is 0 Å². The zero-order valence-electron chi connectivity index (χ0n) is 24.4. The van der Waals surface area contributed by atoms with E-state index < -0.39 is 17.1 Å². The number of carbonyl (C=O) groups is 3. The minimum atomic E-state index is -0.536.